The van der Waals surface area contributed by atoms with Gasteiger partial charge < -0.3 is 13.9 Å². The van der Waals surface area contributed by atoms with Crippen LogP contribution < -0.4 is 4.90 Å². The van der Waals surface area contributed by atoms with Gasteiger partial charge >= 0.3 is 0 Å². The fourth-order valence-electron chi connectivity index (χ4n) is 9.43. The molecule has 1 aliphatic heterocycles. The van der Waals surface area contributed by atoms with Gasteiger partial charge in [0.2, 0.25) is 0 Å². The smallest absolute Gasteiger partial charge is 0.167 e. The van der Waals surface area contributed by atoms with Gasteiger partial charge in [0.05, 0.1) is 33.7 Å². The molecule has 0 radical (unpaired) electrons. The van der Waals surface area contributed by atoms with Crippen LogP contribution in [0.3, 0.4) is 0 Å². The zero-order valence-electron chi connectivity index (χ0n) is 33.0. The molecule has 0 bridgehead atoms. The van der Waals surface area contributed by atoms with E-state index in [0.717, 1.165) is 61.0 Å². The van der Waals surface area contributed by atoms with Crippen molar-refractivity contribution in [2.24, 2.45) is 0 Å². The van der Waals surface area contributed by atoms with Crippen molar-refractivity contribution in [3.8, 4) is 39.9 Å². The highest BCUT2D eigenvalue weighted by atomic mass is 16.3. The van der Waals surface area contributed by atoms with Gasteiger partial charge in [-0.2, -0.15) is 0 Å². The second kappa shape index (κ2) is 13.1. The SMILES string of the molecule is CC1(C)c2ccccc2N(c2ccccc2)c2c1ccc1c2c2ccccc2n1-c1cccc2c1oc1c(-c3nc(-c4ccccc4)nc(-c4ccccc4)n3)cccc12. The summed E-state index contributed by atoms with van der Waals surface area (Å²) in [6.07, 6.45) is 0. The van der Waals surface area contributed by atoms with Crippen molar-refractivity contribution in [2.75, 3.05) is 4.90 Å². The van der Waals surface area contributed by atoms with Crippen molar-refractivity contribution < 1.29 is 4.42 Å². The van der Waals surface area contributed by atoms with Gasteiger partial charge in [-0.15, -0.1) is 0 Å². The maximum Gasteiger partial charge on any atom is 0.167 e. The van der Waals surface area contributed by atoms with Crippen LogP contribution in [0.15, 0.2) is 192 Å². The number of hydrogen-bond acceptors (Lipinski definition) is 5. The van der Waals surface area contributed by atoms with E-state index in [0.29, 0.717) is 17.5 Å². The Hall–Kier alpha value is -7.83. The molecule has 60 heavy (non-hydrogen) atoms. The molecule has 3 aromatic heterocycles. The van der Waals surface area contributed by atoms with E-state index in [2.05, 4.69) is 145 Å². The van der Waals surface area contributed by atoms with Crippen molar-refractivity contribution in [1.29, 1.82) is 0 Å². The molecule has 0 N–H and O–H groups in total. The average Bonchev–Trinajstić information content (AvgIpc) is 3.86. The van der Waals surface area contributed by atoms with Gasteiger partial charge in [0.1, 0.15) is 5.58 Å². The number of benzene rings is 8. The van der Waals surface area contributed by atoms with Crippen LogP contribution in [0.1, 0.15) is 25.0 Å². The van der Waals surface area contributed by atoms with Crippen molar-refractivity contribution >= 4 is 60.8 Å². The Morgan fingerprint density at radius 3 is 1.73 bits per heavy atom. The maximum absolute atomic E-state index is 7.13. The van der Waals surface area contributed by atoms with Crippen molar-refractivity contribution in [2.45, 2.75) is 19.3 Å². The number of para-hydroxylation sites is 5. The summed E-state index contributed by atoms with van der Waals surface area (Å²) < 4.78 is 9.52. The summed E-state index contributed by atoms with van der Waals surface area (Å²) in [5.41, 5.74) is 13.2. The Morgan fingerprint density at radius 1 is 0.433 bits per heavy atom. The molecule has 0 aliphatic carbocycles. The Kier molecular flexibility index (Phi) is 7.47. The first-order valence-corrected chi connectivity index (χ1v) is 20.4. The topological polar surface area (TPSA) is 60.0 Å². The standard InChI is InChI=1S/C54H37N5O/c1-54(2)41-28-13-15-30-44(41)58(36-22-10-5-11-23-36)48-42(54)32-33-45-47(48)39-24-12-14-29-43(39)59(45)46-31-17-26-38-37-25-16-27-40(49(37)60-50(38)46)53-56-51(34-18-6-3-7-19-34)55-52(57-53)35-20-8-4-9-21-35/h3-33H,1-2H3. The first-order valence-electron chi connectivity index (χ1n) is 20.4. The fraction of sp³-hybridized carbons (Fsp3) is 0.0556. The molecule has 0 saturated carbocycles. The summed E-state index contributed by atoms with van der Waals surface area (Å²) in [6.45, 7) is 4.70. The Balaban J connectivity index is 1.12. The highest BCUT2D eigenvalue weighted by Crippen LogP contribution is 2.56. The third-order valence-electron chi connectivity index (χ3n) is 12.2. The number of fused-ring (bicyclic) bond motifs is 9. The number of nitrogens with zero attached hydrogens (tertiary/aromatic N) is 5. The monoisotopic (exact) mass is 771 g/mol. The molecule has 1 aliphatic rings. The minimum atomic E-state index is -0.237. The van der Waals surface area contributed by atoms with E-state index in [-0.39, 0.29) is 5.41 Å². The molecule has 4 heterocycles. The lowest BCUT2D eigenvalue weighted by molar-refractivity contribution is 0.633. The van der Waals surface area contributed by atoms with Crippen LogP contribution in [-0.4, -0.2) is 19.5 Å². The van der Waals surface area contributed by atoms with Crippen LogP contribution in [0, 0.1) is 0 Å². The van der Waals surface area contributed by atoms with Crippen molar-refractivity contribution in [1.82, 2.24) is 19.5 Å². The highest BCUT2D eigenvalue weighted by Gasteiger charge is 2.39. The van der Waals surface area contributed by atoms with Gasteiger partial charge in [0.25, 0.3) is 0 Å². The van der Waals surface area contributed by atoms with E-state index in [1.165, 1.54) is 33.3 Å². The summed E-state index contributed by atoms with van der Waals surface area (Å²) in [6, 6.07) is 65.9. The molecule has 0 atom stereocenters. The predicted molar refractivity (Wildman–Crippen MR) is 245 cm³/mol. The lowest BCUT2D eigenvalue weighted by atomic mass is 9.73. The highest BCUT2D eigenvalue weighted by molar-refractivity contribution is 6.19. The molecule has 0 amide bonds. The van der Waals surface area contributed by atoms with E-state index < -0.39 is 0 Å². The van der Waals surface area contributed by atoms with E-state index in [4.69, 9.17) is 19.4 Å². The molecule has 6 heteroatoms. The molecule has 12 rings (SSSR count). The Bertz CT molecular complexity index is 3400. The van der Waals surface area contributed by atoms with Crippen LogP contribution in [0.5, 0.6) is 0 Å². The van der Waals surface area contributed by atoms with Gasteiger partial charge in [-0.1, -0.05) is 159 Å². The number of rotatable bonds is 5. The van der Waals surface area contributed by atoms with Gasteiger partial charge in [-0.25, -0.2) is 15.0 Å². The number of furan rings is 1. The second-order valence-corrected chi connectivity index (χ2v) is 16.0. The molecule has 284 valence electrons. The van der Waals surface area contributed by atoms with E-state index in [1.54, 1.807) is 0 Å². The third-order valence-corrected chi connectivity index (χ3v) is 12.2. The summed E-state index contributed by atoms with van der Waals surface area (Å²) in [5.74, 6) is 1.77. The first-order chi connectivity index (χ1) is 29.5. The molecular weight excluding hydrogens is 735 g/mol. The van der Waals surface area contributed by atoms with Gasteiger partial charge in [-0.05, 0) is 53.6 Å². The molecule has 0 saturated heterocycles. The average molecular weight is 772 g/mol. The van der Waals surface area contributed by atoms with Crippen molar-refractivity contribution in [3.05, 3.63) is 199 Å². The van der Waals surface area contributed by atoms with Crippen LogP contribution in [-0.2, 0) is 5.41 Å². The van der Waals surface area contributed by atoms with E-state index in [1.807, 2.05) is 66.7 Å². The van der Waals surface area contributed by atoms with Crippen LogP contribution in [0.4, 0.5) is 17.1 Å². The van der Waals surface area contributed by atoms with Crippen LogP contribution in [0.25, 0.3) is 83.6 Å². The normalized spacial score (nSPS) is 13.3. The lowest BCUT2D eigenvalue weighted by Crippen LogP contribution is -2.30. The zero-order chi connectivity index (χ0) is 40.0. The Morgan fingerprint density at radius 2 is 1.00 bits per heavy atom. The minimum absolute atomic E-state index is 0.237. The van der Waals surface area contributed by atoms with Gasteiger partial charge in [-0.3, -0.25) is 0 Å². The summed E-state index contributed by atoms with van der Waals surface area (Å²) >= 11 is 0. The summed E-state index contributed by atoms with van der Waals surface area (Å²) in [7, 11) is 0. The molecule has 0 fully saturated rings. The van der Waals surface area contributed by atoms with Crippen LogP contribution in [0.2, 0.25) is 0 Å². The number of hydrogen-bond donors (Lipinski definition) is 0. The van der Waals surface area contributed by atoms with Gasteiger partial charge in [0, 0.05) is 43.8 Å². The quantitative estimate of drug-likeness (QED) is 0.174. The van der Waals surface area contributed by atoms with E-state index in [9.17, 15) is 0 Å². The fourth-order valence-corrected chi connectivity index (χ4v) is 9.43. The molecule has 6 nitrogen and oxygen atoms in total. The molecule has 0 spiro atoms. The van der Waals surface area contributed by atoms with Gasteiger partial charge in [0.15, 0.2) is 23.1 Å². The largest absolute Gasteiger partial charge is 0.453 e. The maximum atomic E-state index is 7.13. The molecular formula is C54H37N5O. The van der Waals surface area contributed by atoms with Crippen LogP contribution >= 0.6 is 0 Å². The number of anilines is 3. The second-order valence-electron chi connectivity index (χ2n) is 16.0. The Labute approximate surface area is 346 Å². The lowest BCUT2D eigenvalue weighted by Gasteiger charge is -2.42. The molecule has 11 aromatic rings. The summed E-state index contributed by atoms with van der Waals surface area (Å²) in [5, 5.41) is 4.41. The van der Waals surface area contributed by atoms with E-state index >= 15 is 0 Å². The summed E-state index contributed by atoms with van der Waals surface area (Å²) in [4.78, 5) is 17.6. The number of aromatic nitrogens is 4. The first kappa shape index (κ1) is 34.2. The predicted octanol–water partition coefficient (Wildman–Crippen LogP) is 14.0. The van der Waals surface area contributed by atoms with Crippen molar-refractivity contribution in [3.63, 3.8) is 0 Å². The molecule has 8 aromatic carbocycles. The third kappa shape index (κ3) is 5.04. The zero-order valence-corrected chi connectivity index (χ0v) is 33.0. The minimum Gasteiger partial charge on any atom is -0.453 e. The molecule has 0 unspecified atom stereocenters.